The van der Waals surface area contributed by atoms with Gasteiger partial charge in [0.25, 0.3) is 5.92 Å². The zero-order valence-corrected chi connectivity index (χ0v) is 28.4. The van der Waals surface area contributed by atoms with Gasteiger partial charge >= 0.3 is 5.97 Å². The van der Waals surface area contributed by atoms with Crippen molar-refractivity contribution < 1.29 is 27.1 Å². The Morgan fingerprint density at radius 1 is 0.939 bits per heavy atom. The maximum atomic E-state index is 14.0. The molecule has 1 aliphatic carbocycles. The van der Waals surface area contributed by atoms with Crippen molar-refractivity contribution in [3.05, 3.63) is 54.9 Å². The number of fused-ring (bicyclic) bond motifs is 1. The Morgan fingerprint density at radius 2 is 1.65 bits per heavy atom. The van der Waals surface area contributed by atoms with Crippen LogP contribution < -0.4 is 19.8 Å². The van der Waals surface area contributed by atoms with Crippen LogP contribution in [-0.4, -0.2) is 90.4 Å². The quantitative estimate of drug-likeness (QED) is 0.183. The van der Waals surface area contributed by atoms with Gasteiger partial charge in [0.2, 0.25) is 10.0 Å². The molecule has 2 aliphatic heterocycles. The number of benzene rings is 2. The van der Waals surface area contributed by atoms with Crippen molar-refractivity contribution in [1.29, 1.82) is 0 Å². The van der Waals surface area contributed by atoms with Crippen LogP contribution in [0.4, 0.5) is 25.8 Å². The number of hydrogen-bond acceptors (Lipinski definition) is 9. The molecule has 0 atom stereocenters. The average molecular weight is 717 g/mol. The highest BCUT2D eigenvalue weighted by atomic mass is 35.5. The first-order valence-electron chi connectivity index (χ1n) is 16.2. The number of aromatic nitrogens is 4. The minimum absolute atomic E-state index is 0. The molecule has 7 rings (SSSR count). The number of halogens is 3. The van der Waals surface area contributed by atoms with E-state index in [1.54, 1.807) is 16.9 Å². The molecule has 1 spiro atoms. The van der Waals surface area contributed by atoms with E-state index >= 15 is 0 Å². The van der Waals surface area contributed by atoms with Crippen molar-refractivity contribution in [2.45, 2.75) is 44.4 Å². The van der Waals surface area contributed by atoms with E-state index in [0.29, 0.717) is 16.8 Å². The van der Waals surface area contributed by atoms with Gasteiger partial charge in [-0.2, -0.15) is 0 Å². The second kappa shape index (κ2) is 13.7. The number of alkyl halides is 2. The van der Waals surface area contributed by atoms with Gasteiger partial charge in [0.1, 0.15) is 5.69 Å². The number of carbonyl (C=O) groups is 1. The average Bonchev–Trinajstić information content (AvgIpc) is 3.62. The molecule has 262 valence electrons. The summed E-state index contributed by atoms with van der Waals surface area (Å²) in [5, 5.41) is 21.3. The van der Waals surface area contributed by atoms with E-state index in [0.717, 1.165) is 59.5 Å². The third-order valence-electron chi connectivity index (χ3n) is 9.76. The maximum Gasteiger partial charge on any atom is 0.317 e. The number of pyridine rings is 1. The predicted molar refractivity (Wildman–Crippen MR) is 187 cm³/mol. The first kappa shape index (κ1) is 34.8. The molecule has 4 heterocycles. The van der Waals surface area contributed by atoms with Gasteiger partial charge in [-0.3, -0.25) is 14.5 Å². The minimum atomic E-state index is -3.74. The van der Waals surface area contributed by atoms with Crippen LogP contribution in [0.1, 0.15) is 38.5 Å². The topological polar surface area (TPSA) is 146 Å². The van der Waals surface area contributed by atoms with E-state index in [4.69, 9.17) is 5.11 Å². The summed E-state index contributed by atoms with van der Waals surface area (Å²) in [6.45, 7) is 1.81. The van der Waals surface area contributed by atoms with Gasteiger partial charge in [-0.25, -0.2) is 21.9 Å². The number of piperidine rings is 2. The molecule has 2 aromatic heterocycles. The molecule has 16 heteroatoms. The molecule has 3 N–H and O–H groups in total. The third kappa shape index (κ3) is 7.89. The summed E-state index contributed by atoms with van der Waals surface area (Å²) in [4.78, 5) is 19.6. The number of nitrogens with zero attached hydrogens (tertiary/aromatic N) is 6. The number of rotatable bonds is 11. The van der Waals surface area contributed by atoms with Gasteiger partial charge in [0.05, 0.1) is 41.1 Å². The molecule has 0 radical (unpaired) electrons. The van der Waals surface area contributed by atoms with E-state index in [2.05, 4.69) is 30.2 Å². The number of carboxylic acids is 1. The minimum Gasteiger partial charge on any atom is -0.480 e. The fourth-order valence-corrected chi connectivity index (χ4v) is 7.72. The fraction of sp³-hybridized carbons (Fsp3) is 0.455. The molecule has 3 fully saturated rings. The first-order chi connectivity index (χ1) is 23.0. The summed E-state index contributed by atoms with van der Waals surface area (Å²) in [6.07, 6.45) is 7.74. The van der Waals surface area contributed by atoms with Crippen LogP contribution in [-0.2, 0) is 14.8 Å². The van der Waals surface area contributed by atoms with Gasteiger partial charge in [0, 0.05) is 68.4 Å². The van der Waals surface area contributed by atoms with Gasteiger partial charge in [-0.15, -0.1) is 17.5 Å². The Bertz CT molecular complexity index is 1940. The Kier molecular flexibility index (Phi) is 9.70. The van der Waals surface area contributed by atoms with Crippen molar-refractivity contribution in [1.82, 2.24) is 25.3 Å². The van der Waals surface area contributed by atoms with Crippen molar-refractivity contribution in [3.8, 4) is 16.9 Å². The fourth-order valence-electron chi connectivity index (χ4n) is 6.72. The Balaban J connectivity index is 0.00000417. The predicted octanol–water partition coefficient (Wildman–Crippen LogP) is 4.94. The summed E-state index contributed by atoms with van der Waals surface area (Å²) in [5.41, 5.74) is 5.34. The molecule has 0 bridgehead atoms. The number of anilines is 3. The molecular formula is C33H39ClF2N8O4S. The lowest BCUT2D eigenvalue weighted by molar-refractivity contribution is -0.135. The lowest BCUT2D eigenvalue weighted by Gasteiger charge is -2.35. The summed E-state index contributed by atoms with van der Waals surface area (Å²) < 4.78 is 58.0. The van der Waals surface area contributed by atoms with Crippen molar-refractivity contribution in [3.63, 3.8) is 0 Å². The van der Waals surface area contributed by atoms with Crippen LogP contribution in [0.2, 0.25) is 0 Å². The molecule has 3 aliphatic rings. The summed E-state index contributed by atoms with van der Waals surface area (Å²) >= 11 is 0. The number of nitrogens with one attached hydrogen (secondary N) is 2. The van der Waals surface area contributed by atoms with Crippen LogP contribution >= 0.6 is 12.4 Å². The number of sulfonamides is 1. The third-order valence-corrected chi connectivity index (χ3v) is 11.0. The van der Waals surface area contributed by atoms with Crippen molar-refractivity contribution >= 4 is 56.4 Å². The lowest BCUT2D eigenvalue weighted by atomic mass is 9.93. The van der Waals surface area contributed by atoms with E-state index in [9.17, 15) is 22.0 Å². The molecule has 49 heavy (non-hydrogen) atoms. The zero-order chi connectivity index (χ0) is 33.5. The van der Waals surface area contributed by atoms with E-state index in [-0.39, 0.29) is 57.2 Å². The number of hydrogen-bond donors (Lipinski definition) is 3. The van der Waals surface area contributed by atoms with Gasteiger partial charge < -0.3 is 20.2 Å². The molecule has 2 aromatic carbocycles. The van der Waals surface area contributed by atoms with Crippen molar-refractivity contribution in [2.75, 3.05) is 59.5 Å². The SMILES string of the molecule is Cl.O=C(O)CNCCS(=O)(=O)Nc1ccc(-c2cn(-c3cc(N4CCC(F)(F)CC4)c4ncccc4c3)nn2)c(N2CCC3(CC2)CC3)c1. The number of aliphatic carboxylic acids is 1. The Labute approximate surface area is 289 Å². The van der Waals surface area contributed by atoms with E-state index in [1.165, 1.54) is 12.8 Å². The molecule has 2 saturated heterocycles. The molecule has 4 aromatic rings. The van der Waals surface area contributed by atoms with Crippen LogP contribution in [0.5, 0.6) is 0 Å². The Morgan fingerprint density at radius 3 is 2.37 bits per heavy atom. The summed E-state index contributed by atoms with van der Waals surface area (Å²) in [6, 6.07) is 13.0. The molecule has 0 unspecified atom stereocenters. The van der Waals surface area contributed by atoms with Gasteiger partial charge in [0.15, 0.2) is 0 Å². The molecule has 0 amide bonds. The van der Waals surface area contributed by atoms with Gasteiger partial charge in [-0.05, 0) is 67.5 Å². The van der Waals surface area contributed by atoms with E-state index < -0.39 is 21.9 Å². The highest BCUT2D eigenvalue weighted by Crippen LogP contribution is 2.54. The summed E-state index contributed by atoms with van der Waals surface area (Å²) in [7, 11) is -3.74. The number of carboxylic acid groups (broad SMARTS) is 1. The standard InChI is InChI=1S/C33H38F2N8O4S.ClH/c34-33(35)9-15-42(16-10-33)29-20-25(18-23-2-1-11-37-31(23)29)43-22-27(38-40-43)26-4-3-24(39-48(46,47)17-12-36-21-30(44)45)19-28(26)41-13-7-32(5-6-32)8-14-41;/h1-4,11,18-20,22,36,39H,5-10,12-17,21H2,(H,44,45);1H. The monoisotopic (exact) mass is 716 g/mol. The van der Waals surface area contributed by atoms with E-state index in [1.807, 2.05) is 47.5 Å². The van der Waals surface area contributed by atoms with Crippen LogP contribution in [0, 0.1) is 5.41 Å². The normalized spacial score (nSPS) is 18.3. The zero-order valence-electron chi connectivity index (χ0n) is 26.8. The first-order valence-corrected chi connectivity index (χ1v) is 17.9. The largest absolute Gasteiger partial charge is 0.480 e. The molecule has 1 saturated carbocycles. The highest BCUT2D eigenvalue weighted by molar-refractivity contribution is 7.92. The summed E-state index contributed by atoms with van der Waals surface area (Å²) in [5.74, 6) is -4.00. The Hall–Kier alpha value is -4.08. The maximum absolute atomic E-state index is 14.0. The van der Waals surface area contributed by atoms with Crippen LogP contribution in [0.25, 0.3) is 27.8 Å². The van der Waals surface area contributed by atoms with Crippen molar-refractivity contribution in [2.24, 2.45) is 5.41 Å². The smallest absolute Gasteiger partial charge is 0.317 e. The van der Waals surface area contributed by atoms with Crippen LogP contribution in [0.15, 0.2) is 54.9 Å². The second-order valence-electron chi connectivity index (χ2n) is 13.1. The second-order valence-corrected chi connectivity index (χ2v) is 15.0. The van der Waals surface area contributed by atoms with Gasteiger partial charge in [-0.1, -0.05) is 11.3 Å². The van der Waals surface area contributed by atoms with Crippen LogP contribution in [0.3, 0.4) is 0 Å². The molecular weight excluding hydrogens is 678 g/mol. The highest BCUT2D eigenvalue weighted by Gasteiger charge is 2.44. The lowest BCUT2D eigenvalue weighted by Crippen LogP contribution is -2.39. The molecule has 12 nitrogen and oxygen atoms in total.